The van der Waals surface area contributed by atoms with Gasteiger partial charge in [0.05, 0.1) is 33.8 Å². The third-order valence-corrected chi connectivity index (χ3v) is 9.12. The molecule has 3 heterocycles. The molecular formula is C43H28N4O2. The molecule has 0 bridgehead atoms. The number of para-hydroxylation sites is 11. The van der Waals surface area contributed by atoms with Gasteiger partial charge in [0, 0.05) is 22.6 Å². The van der Waals surface area contributed by atoms with E-state index >= 15 is 0 Å². The molecule has 6 heteroatoms. The summed E-state index contributed by atoms with van der Waals surface area (Å²) in [6.07, 6.45) is 0. The fourth-order valence-corrected chi connectivity index (χ4v) is 7.01. The zero-order valence-corrected chi connectivity index (χ0v) is 26.3. The summed E-state index contributed by atoms with van der Waals surface area (Å²) < 4.78 is 15.1. The summed E-state index contributed by atoms with van der Waals surface area (Å²) in [7, 11) is 0. The number of rotatable bonds is 4. The van der Waals surface area contributed by atoms with Crippen molar-refractivity contribution >= 4 is 45.2 Å². The number of hydrogen-bond acceptors (Lipinski definition) is 5. The van der Waals surface area contributed by atoms with E-state index in [1.54, 1.807) is 0 Å². The molecule has 0 N–H and O–H groups in total. The lowest BCUT2D eigenvalue weighted by atomic mass is 10.1. The summed E-state index contributed by atoms with van der Waals surface area (Å²) in [5, 5.41) is 0. The first-order valence-electron chi connectivity index (χ1n) is 16.3. The number of ether oxygens (including phenoxy) is 2. The molecule has 0 saturated carbocycles. The van der Waals surface area contributed by atoms with Crippen LogP contribution in [0.5, 0.6) is 23.0 Å². The molecule has 2 aliphatic rings. The molecule has 0 aliphatic carbocycles. The van der Waals surface area contributed by atoms with Gasteiger partial charge in [-0.2, -0.15) is 0 Å². The fraction of sp³-hybridized carbons (Fsp3) is 0. The highest BCUT2D eigenvalue weighted by Crippen LogP contribution is 2.54. The summed E-state index contributed by atoms with van der Waals surface area (Å²) in [5.41, 5.74) is 9.78. The summed E-state index contributed by atoms with van der Waals surface area (Å²) in [6.45, 7) is 0. The number of fused-ring (bicyclic) bond motifs is 5. The molecular weight excluding hydrogens is 604 g/mol. The maximum Gasteiger partial charge on any atom is 0.151 e. The summed E-state index contributed by atoms with van der Waals surface area (Å²) in [5.74, 6) is 4.04. The maximum absolute atomic E-state index is 6.42. The molecule has 8 aromatic rings. The average molecular weight is 633 g/mol. The second kappa shape index (κ2) is 10.9. The molecule has 0 amide bonds. The van der Waals surface area contributed by atoms with Crippen LogP contribution in [-0.2, 0) is 0 Å². The predicted octanol–water partition coefficient (Wildman–Crippen LogP) is 11.8. The van der Waals surface area contributed by atoms with Gasteiger partial charge in [0.15, 0.2) is 23.0 Å². The zero-order chi connectivity index (χ0) is 32.3. The van der Waals surface area contributed by atoms with Gasteiger partial charge in [-0.25, -0.2) is 4.98 Å². The molecule has 0 saturated heterocycles. The molecule has 1 aromatic heterocycles. The predicted molar refractivity (Wildman–Crippen MR) is 196 cm³/mol. The molecule has 0 spiro atoms. The Morgan fingerprint density at radius 2 is 0.816 bits per heavy atom. The third-order valence-electron chi connectivity index (χ3n) is 9.12. The minimum absolute atomic E-state index is 0.798. The van der Waals surface area contributed by atoms with Crippen LogP contribution in [0, 0.1) is 0 Å². The van der Waals surface area contributed by atoms with Gasteiger partial charge in [0.25, 0.3) is 0 Å². The van der Waals surface area contributed by atoms with Crippen molar-refractivity contribution in [3.05, 3.63) is 170 Å². The highest BCUT2D eigenvalue weighted by molar-refractivity contribution is 5.94. The largest absolute Gasteiger partial charge is 0.453 e. The highest BCUT2D eigenvalue weighted by Gasteiger charge is 2.30. The Hall–Kier alpha value is -6.79. The SMILES string of the molecule is c1ccc(-n2c(-c3cc(N4c5ccccc5Oc5ccccc54)cc(N4c5ccccc5Oc5ccccc54)c3)nc3ccccc32)cc1. The minimum atomic E-state index is 0.798. The first kappa shape index (κ1) is 27.3. The van der Waals surface area contributed by atoms with Gasteiger partial charge >= 0.3 is 0 Å². The topological polar surface area (TPSA) is 42.8 Å². The van der Waals surface area contributed by atoms with Crippen molar-refractivity contribution < 1.29 is 9.47 Å². The average Bonchev–Trinajstić information content (AvgIpc) is 3.56. The van der Waals surface area contributed by atoms with Crippen molar-refractivity contribution in [2.24, 2.45) is 0 Å². The van der Waals surface area contributed by atoms with Gasteiger partial charge in [0.2, 0.25) is 0 Å². The number of hydrogen-bond donors (Lipinski definition) is 0. The van der Waals surface area contributed by atoms with Crippen molar-refractivity contribution in [1.82, 2.24) is 9.55 Å². The summed E-state index contributed by atoms with van der Waals surface area (Å²) in [4.78, 5) is 9.86. The lowest BCUT2D eigenvalue weighted by molar-refractivity contribution is 0.477. The van der Waals surface area contributed by atoms with E-state index in [2.05, 4.69) is 124 Å². The van der Waals surface area contributed by atoms with E-state index in [0.717, 1.165) is 85.2 Å². The monoisotopic (exact) mass is 632 g/mol. The first-order chi connectivity index (χ1) is 24.3. The van der Waals surface area contributed by atoms with Crippen LogP contribution in [0.1, 0.15) is 0 Å². The van der Waals surface area contributed by atoms with Gasteiger partial charge in [-0.15, -0.1) is 0 Å². The number of anilines is 6. The van der Waals surface area contributed by atoms with Crippen molar-refractivity contribution in [1.29, 1.82) is 0 Å². The van der Waals surface area contributed by atoms with Gasteiger partial charge in [0.1, 0.15) is 5.82 Å². The Morgan fingerprint density at radius 1 is 0.388 bits per heavy atom. The molecule has 0 fully saturated rings. The van der Waals surface area contributed by atoms with Crippen molar-refractivity contribution in [2.45, 2.75) is 0 Å². The lowest BCUT2D eigenvalue weighted by Crippen LogP contribution is -2.18. The van der Waals surface area contributed by atoms with E-state index in [1.807, 2.05) is 60.7 Å². The molecule has 2 aliphatic heterocycles. The van der Waals surface area contributed by atoms with Crippen molar-refractivity contribution in [3.63, 3.8) is 0 Å². The van der Waals surface area contributed by atoms with E-state index in [1.165, 1.54) is 0 Å². The standard InChI is InChI=1S/C43H28N4O2/c1-2-14-30(15-3-1)47-34-17-5-4-16-33(34)44-43(47)29-26-31(45-35-18-6-10-22-39(35)48-40-23-11-7-19-36(40)45)28-32(27-29)46-37-20-8-12-24-41(37)49-42-25-13-9-21-38(42)46/h1-28H. The van der Waals surface area contributed by atoms with Crippen LogP contribution in [0.25, 0.3) is 28.1 Å². The van der Waals surface area contributed by atoms with Crippen LogP contribution in [0.3, 0.4) is 0 Å². The summed E-state index contributed by atoms with van der Waals surface area (Å²) in [6, 6.07) is 58.2. The lowest BCUT2D eigenvalue weighted by Gasteiger charge is -2.35. The zero-order valence-electron chi connectivity index (χ0n) is 26.3. The van der Waals surface area contributed by atoms with E-state index < -0.39 is 0 Å². The molecule has 49 heavy (non-hydrogen) atoms. The van der Waals surface area contributed by atoms with E-state index in [9.17, 15) is 0 Å². The van der Waals surface area contributed by atoms with Crippen LogP contribution in [0.15, 0.2) is 170 Å². The molecule has 6 nitrogen and oxygen atoms in total. The van der Waals surface area contributed by atoms with Gasteiger partial charge in [-0.05, 0) is 91.0 Å². The Bertz CT molecular complexity index is 2330. The van der Waals surface area contributed by atoms with E-state index in [-0.39, 0.29) is 0 Å². The van der Waals surface area contributed by atoms with E-state index in [0.29, 0.717) is 0 Å². The van der Waals surface area contributed by atoms with Gasteiger partial charge in [-0.1, -0.05) is 78.9 Å². The molecule has 7 aromatic carbocycles. The van der Waals surface area contributed by atoms with E-state index in [4.69, 9.17) is 14.5 Å². The molecule has 232 valence electrons. The van der Waals surface area contributed by atoms with Crippen LogP contribution < -0.4 is 19.3 Å². The number of benzene rings is 7. The normalized spacial score (nSPS) is 12.7. The number of nitrogens with zero attached hydrogens (tertiary/aromatic N) is 4. The molecule has 0 atom stereocenters. The number of aromatic nitrogens is 2. The van der Waals surface area contributed by atoms with Crippen molar-refractivity contribution in [3.8, 4) is 40.1 Å². The third kappa shape index (κ3) is 4.38. The Labute approximate surface area is 283 Å². The van der Waals surface area contributed by atoms with Crippen LogP contribution in [0.4, 0.5) is 34.1 Å². The summed E-state index contributed by atoms with van der Waals surface area (Å²) >= 11 is 0. The molecule has 0 unspecified atom stereocenters. The van der Waals surface area contributed by atoms with Gasteiger partial charge < -0.3 is 19.3 Å². The smallest absolute Gasteiger partial charge is 0.151 e. The Kier molecular flexibility index (Phi) is 6.08. The Morgan fingerprint density at radius 3 is 1.33 bits per heavy atom. The first-order valence-corrected chi connectivity index (χ1v) is 16.3. The molecule has 0 radical (unpaired) electrons. The fourth-order valence-electron chi connectivity index (χ4n) is 7.01. The quantitative estimate of drug-likeness (QED) is 0.193. The Balaban J connectivity index is 1.29. The minimum Gasteiger partial charge on any atom is -0.453 e. The number of imidazole rings is 1. The second-order valence-electron chi connectivity index (χ2n) is 12.1. The second-order valence-corrected chi connectivity index (χ2v) is 12.1. The van der Waals surface area contributed by atoms with Crippen LogP contribution in [0.2, 0.25) is 0 Å². The molecule has 10 rings (SSSR count). The maximum atomic E-state index is 6.42. The van der Waals surface area contributed by atoms with Crippen LogP contribution in [-0.4, -0.2) is 9.55 Å². The van der Waals surface area contributed by atoms with Crippen LogP contribution >= 0.6 is 0 Å². The highest BCUT2D eigenvalue weighted by atomic mass is 16.5. The van der Waals surface area contributed by atoms with Crippen molar-refractivity contribution in [2.75, 3.05) is 9.80 Å². The van der Waals surface area contributed by atoms with Gasteiger partial charge in [-0.3, -0.25) is 4.57 Å².